The fourth-order valence-electron chi connectivity index (χ4n) is 1.94. The largest absolute Gasteiger partial charge is 0.324 e. The topological polar surface area (TPSA) is 29.1 Å². The minimum Gasteiger partial charge on any atom is -0.324 e. The van der Waals surface area contributed by atoms with Gasteiger partial charge in [-0.2, -0.15) is 0 Å². The first-order valence-electron chi connectivity index (χ1n) is 6.26. The monoisotopic (exact) mass is 257 g/mol. The summed E-state index contributed by atoms with van der Waals surface area (Å²) in [4.78, 5) is 11.9. The first-order chi connectivity index (χ1) is 9.16. The Hall–Kier alpha value is -2.16. The second-order valence-corrected chi connectivity index (χ2v) is 4.54. The Kier molecular flexibility index (Phi) is 4.29. The van der Waals surface area contributed by atoms with E-state index in [4.69, 9.17) is 0 Å². The van der Waals surface area contributed by atoms with Crippen LogP contribution in [0, 0.1) is 5.82 Å². The van der Waals surface area contributed by atoms with Crippen molar-refractivity contribution in [2.45, 2.75) is 19.3 Å². The maximum Gasteiger partial charge on any atom is 0.225 e. The van der Waals surface area contributed by atoms with Crippen LogP contribution in [0.4, 0.5) is 10.1 Å². The number of amides is 1. The molecular weight excluding hydrogens is 241 g/mol. The maximum atomic E-state index is 13.4. The fourth-order valence-corrected chi connectivity index (χ4v) is 1.94. The number of hydrogen-bond donors (Lipinski definition) is 1. The number of anilines is 1. The van der Waals surface area contributed by atoms with Crippen molar-refractivity contribution in [3.63, 3.8) is 0 Å². The molecule has 0 saturated heterocycles. The fraction of sp³-hybridized carbons (Fsp3) is 0.188. The van der Waals surface area contributed by atoms with Crippen LogP contribution in [-0.2, 0) is 4.79 Å². The highest BCUT2D eigenvalue weighted by Crippen LogP contribution is 2.20. The lowest BCUT2D eigenvalue weighted by Crippen LogP contribution is -2.15. The van der Waals surface area contributed by atoms with Crippen LogP contribution >= 0.6 is 0 Å². The van der Waals surface area contributed by atoms with E-state index in [0.717, 1.165) is 5.56 Å². The van der Waals surface area contributed by atoms with E-state index in [1.165, 1.54) is 6.07 Å². The molecule has 0 aromatic heterocycles. The van der Waals surface area contributed by atoms with Crippen molar-refractivity contribution in [2.75, 3.05) is 5.32 Å². The Bertz CT molecular complexity index is 554. The zero-order valence-electron chi connectivity index (χ0n) is 10.8. The standard InChI is InChI=1S/C16H16FNO/c1-12(13-7-3-2-4-8-13)11-16(19)18-15-10-6-5-9-14(15)17/h2-10,12H,11H2,1H3,(H,18,19)/t12-/m0/s1. The molecule has 0 heterocycles. The average Bonchev–Trinajstić information content (AvgIpc) is 2.42. The predicted octanol–water partition coefficient (Wildman–Crippen LogP) is 3.96. The van der Waals surface area contributed by atoms with Gasteiger partial charge in [-0.05, 0) is 23.6 Å². The molecule has 0 spiro atoms. The predicted molar refractivity (Wildman–Crippen MR) is 74.5 cm³/mol. The van der Waals surface area contributed by atoms with Crippen molar-refractivity contribution >= 4 is 11.6 Å². The summed E-state index contributed by atoms with van der Waals surface area (Å²) in [6.07, 6.45) is 0.332. The molecule has 0 fully saturated rings. The molecule has 98 valence electrons. The van der Waals surface area contributed by atoms with E-state index in [1.54, 1.807) is 18.2 Å². The van der Waals surface area contributed by atoms with E-state index in [0.29, 0.717) is 6.42 Å². The van der Waals surface area contributed by atoms with E-state index in [1.807, 2.05) is 37.3 Å². The van der Waals surface area contributed by atoms with Gasteiger partial charge in [-0.25, -0.2) is 4.39 Å². The van der Waals surface area contributed by atoms with E-state index in [2.05, 4.69) is 5.32 Å². The molecule has 3 heteroatoms. The third kappa shape index (κ3) is 3.65. The maximum absolute atomic E-state index is 13.4. The molecule has 1 atom stereocenters. The number of nitrogens with one attached hydrogen (secondary N) is 1. The van der Waals surface area contributed by atoms with Gasteiger partial charge in [0.25, 0.3) is 0 Å². The number of rotatable bonds is 4. The van der Waals surface area contributed by atoms with Crippen LogP contribution in [0.2, 0.25) is 0 Å². The van der Waals surface area contributed by atoms with Gasteiger partial charge in [-0.1, -0.05) is 49.4 Å². The second kappa shape index (κ2) is 6.14. The molecule has 0 aliphatic heterocycles. The van der Waals surface area contributed by atoms with Gasteiger partial charge in [0, 0.05) is 6.42 Å². The highest BCUT2D eigenvalue weighted by Gasteiger charge is 2.12. The minimum atomic E-state index is -0.414. The molecule has 0 unspecified atom stereocenters. The third-order valence-corrected chi connectivity index (χ3v) is 3.01. The molecular formula is C16H16FNO. The molecule has 1 N–H and O–H groups in total. The molecule has 0 aliphatic carbocycles. The highest BCUT2D eigenvalue weighted by atomic mass is 19.1. The summed E-state index contributed by atoms with van der Waals surface area (Å²) in [7, 11) is 0. The summed E-state index contributed by atoms with van der Waals surface area (Å²) in [6, 6.07) is 16.0. The smallest absolute Gasteiger partial charge is 0.225 e. The van der Waals surface area contributed by atoms with Crippen LogP contribution in [0.15, 0.2) is 54.6 Å². The average molecular weight is 257 g/mol. The summed E-state index contributed by atoms with van der Waals surface area (Å²) in [5.41, 5.74) is 1.33. The van der Waals surface area contributed by atoms with E-state index in [9.17, 15) is 9.18 Å². The van der Waals surface area contributed by atoms with Gasteiger partial charge in [-0.3, -0.25) is 4.79 Å². The van der Waals surface area contributed by atoms with Gasteiger partial charge in [0.05, 0.1) is 5.69 Å². The van der Waals surface area contributed by atoms with Crippen LogP contribution in [0.1, 0.15) is 24.8 Å². The Labute approximate surface area is 112 Å². The van der Waals surface area contributed by atoms with Gasteiger partial charge in [0.15, 0.2) is 0 Å². The van der Waals surface area contributed by atoms with Crippen LogP contribution in [-0.4, -0.2) is 5.91 Å². The lowest BCUT2D eigenvalue weighted by Gasteiger charge is -2.12. The summed E-state index contributed by atoms with van der Waals surface area (Å²) in [6.45, 7) is 1.98. The Morgan fingerprint density at radius 2 is 1.74 bits per heavy atom. The van der Waals surface area contributed by atoms with Crippen molar-refractivity contribution in [3.05, 3.63) is 66.0 Å². The Balaban J connectivity index is 1.97. The molecule has 2 rings (SSSR count). The SMILES string of the molecule is C[C@@H](CC(=O)Nc1ccccc1F)c1ccccc1. The number of benzene rings is 2. The van der Waals surface area contributed by atoms with Crippen molar-refractivity contribution in [3.8, 4) is 0 Å². The first-order valence-corrected chi connectivity index (χ1v) is 6.26. The van der Waals surface area contributed by atoms with Crippen molar-refractivity contribution in [2.24, 2.45) is 0 Å². The van der Waals surface area contributed by atoms with E-state index in [-0.39, 0.29) is 17.5 Å². The van der Waals surface area contributed by atoms with E-state index < -0.39 is 5.82 Å². The van der Waals surface area contributed by atoms with Crippen molar-refractivity contribution < 1.29 is 9.18 Å². The molecule has 2 aromatic rings. The summed E-state index contributed by atoms with van der Waals surface area (Å²) in [5, 5.41) is 2.60. The number of halogens is 1. The normalized spacial score (nSPS) is 11.9. The van der Waals surface area contributed by atoms with Gasteiger partial charge in [0.1, 0.15) is 5.82 Å². The molecule has 0 saturated carbocycles. The first kappa shape index (κ1) is 13.3. The van der Waals surface area contributed by atoms with Crippen LogP contribution in [0.3, 0.4) is 0 Å². The molecule has 1 amide bonds. The Morgan fingerprint density at radius 3 is 2.42 bits per heavy atom. The van der Waals surface area contributed by atoms with Gasteiger partial charge < -0.3 is 5.32 Å². The van der Waals surface area contributed by atoms with E-state index >= 15 is 0 Å². The molecule has 0 aliphatic rings. The third-order valence-electron chi connectivity index (χ3n) is 3.01. The van der Waals surface area contributed by atoms with Gasteiger partial charge in [0.2, 0.25) is 5.91 Å². The van der Waals surface area contributed by atoms with Gasteiger partial charge >= 0.3 is 0 Å². The molecule has 2 nitrogen and oxygen atoms in total. The molecule has 0 radical (unpaired) electrons. The highest BCUT2D eigenvalue weighted by molar-refractivity contribution is 5.91. The summed E-state index contributed by atoms with van der Waals surface area (Å²) < 4.78 is 13.4. The lowest BCUT2D eigenvalue weighted by molar-refractivity contribution is -0.116. The summed E-state index contributed by atoms with van der Waals surface area (Å²) in [5.74, 6) is -0.488. The zero-order valence-corrected chi connectivity index (χ0v) is 10.8. The van der Waals surface area contributed by atoms with Crippen LogP contribution in [0.5, 0.6) is 0 Å². The molecule has 19 heavy (non-hydrogen) atoms. The van der Waals surface area contributed by atoms with Gasteiger partial charge in [-0.15, -0.1) is 0 Å². The zero-order chi connectivity index (χ0) is 13.7. The number of para-hydroxylation sites is 1. The number of carbonyl (C=O) groups is 1. The molecule has 0 bridgehead atoms. The Morgan fingerprint density at radius 1 is 1.11 bits per heavy atom. The number of carbonyl (C=O) groups excluding carboxylic acids is 1. The summed E-state index contributed by atoms with van der Waals surface area (Å²) >= 11 is 0. The minimum absolute atomic E-state index is 0.105. The van der Waals surface area contributed by atoms with Crippen LogP contribution < -0.4 is 5.32 Å². The lowest BCUT2D eigenvalue weighted by atomic mass is 9.97. The van der Waals surface area contributed by atoms with Crippen molar-refractivity contribution in [1.82, 2.24) is 0 Å². The second-order valence-electron chi connectivity index (χ2n) is 4.54. The number of hydrogen-bond acceptors (Lipinski definition) is 1. The van der Waals surface area contributed by atoms with Crippen molar-refractivity contribution in [1.29, 1.82) is 0 Å². The molecule has 2 aromatic carbocycles. The van der Waals surface area contributed by atoms with Crippen LogP contribution in [0.25, 0.3) is 0 Å². The quantitative estimate of drug-likeness (QED) is 0.882.